The summed E-state index contributed by atoms with van der Waals surface area (Å²) in [5.41, 5.74) is -1.38. The topological polar surface area (TPSA) is 127 Å². The number of hydrogen-bond acceptors (Lipinski definition) is 6. The predicted octanol–water partition coefficient (Wildman–Crippen LogP) is 0.136. The van der Waals surface area contributed by atoms with Gasteiger partial charge in [0, 0.05) is 38.4 Å². The van der Waals surface area contributed by atoms with Crippen LogP contribution in [0.2, 0.25) is 0 Å². The third-order valence-electron chi connectivity index (χ3n) is 4.01. The highest BCUT2D eigenvalue weighted by Gasteiger charge is 2.28. The van der Waals surface area contributed by atoms with E-state index in [1.54, 1.807) is 6.07 Å². The van der Waals surface area contributed by atoms with Gasteiger partial charge in [-0.2, -0.15) is 0 Å². The molecule has 25 heavy (non-hydrogen) atoms. The van der Waals surface area contributed by atoms with Crippen molar-refractivity contribution < 1.29 is 19.8 Å². The van der Waals surface area contributed by atoms with Crippen LogP contribution in [0.1, 0.15) is 20.8 Å². The lowest BCUT2D eigenvalue weighted by Crippen LogP contribution is -2.50. The number of anilines is 1. The van der Waals surface area contributed by atoms with E-state index in [1.807, 2.05) is 4.90 Å². The van der Waals surface area contributed by atoms with Gasteiger partial charge in [0.15, 0.2) is 5.43 Å². The summed E-state index contributed by atoms with van der Waals surface area (Å²) in [6, 6.07) is 4.34. The molecule has 1 amide bonds. The second-order valence-electron chi connectivity index (χ2n) is 5.55. The number of aromatic hydroxyl groups is 1. The first-order valence-corrected chi connectivity index (χ1v) is 7.61. The number of aromatic carboxylic acids is 1. The molecule has 1 fully saturated rings. The number of aromatic amines is 1. The van der Waals surface area contributed by atoms with Crippen molar-refractivity contribution in [3.05, 3.63) is 52.1 Å². The number of pyridine rings is 2. The van der Waals surface area contributed by atoms with Crippen LogP contribution < -0.4 is 10.3 Å². The Morgan fingerprint density at radius 1 is 1.12 bits per heavy atom. The molecular weight excluding hydrogens is 328 g/mol. The van der Waals surface area contributed by atoms with Crippen molar-refractivity contribution in [3.63, 3.8) is 0 Å². The minimum absolute atomic E-state index is 0.0714. The van der Waals surface area contributed by atoms with Crippen LogP contribution in [0.25, 0.3) is 0 Å². The van der Waals surface area contributed by atoms with Gasteiger partial charge in [-0.15, -0.1) is 0 Å². The molecule has 0 saturated carbocycles. The number of hydrogen-bond donors (Lipinski definition) is 3. The van der Waals surface area contributed by atoms with Gasteiger partial charge in [-0.05, 0) is 12.1 Å². The lowest BCUT2D eigenvalue weighted by atomic mass is 10.1. The van der Waals surface area contributed by atoms with Gasteiger partial charge >= 0.3 is 5.97 Å². The van der Waals surface area contributed by atoms with Crippen LogP contribution in [0.4, 0.5) is 5.82 Å². The van der Waals surface area contributed by atoms with Crippen LogP contribution in [0.3, 0.4) is 0 Å². The molecule has 1 saturated heterocycles. The van der Waals surface area contributed by atoms with Crippen LogP contribution in [0, 0.1) is 0 Å². The molecule has 9 heteroatoms. The first kappa shape index (κ1) is 16.5. The van der Waals surface area contributed by atoms with Crippen LogP contribution in [0.15, 0.2) is 35.4 Å². The van der Waals surface area contributed by atoms with Gasteiger partial charge < -0.3 is 25.0 Å². The van der Waals surface area contributed by atoms with E-state index >= 15 is 0 Å². The van der Waals surface area contributed by atoms with Crippen LogP contribution in [-0.2, 0) is 0 Å². The fourth-order valence-corrected chi connectivity index (χ4v) is 2.72. The number of carboxylic acid groups (broad SMARTS) is 1. The van der Waals surface area contributed by atoms with Crippen molar-refractivity contribution in [1.29, 1.82) is 0 Å². The Labute approximate surface area is 142 Å². The molecule has 1 aliphatic heterocycles. The van der Waals surface area contributed by atoms with E-state index in [0.29, 0.717) is 32.0 Å². The van der Waals surface area contributed by atoms with E-state index < -0.39 is 23.0 Å². The third-order valence-corrected chi connectivity index (χ3v) is 4.01. The number of carboxylic acids is 1. The summed E-state index contributed by atoms with van der Waals surface area (Å²) in [4.78, 5) is 45.8. The Morgan fingerprint density at radius 2 is 1.84 bits per heavy atom. The maximum atomic E-state index is 12.6. The molecule has 9 nitrogen and oxygen atoms in total. The molecule has 3 rings (SSSR count). The van der Waals surface area contributed by atoms with E-state index in [9.17, 15) is 24.6 Å². The van der Waals surface area contributed by atoms with Crippen molar-refractivity contribution >= 4 is 17.7 Å². The SMILES string of the molecule is O=C(O)c1[nH]ccc(=O)c1C(=O)N1CCN(c2ccc(O)cn2)CC1. The fourth-order valence-electron chi connectivity index (χ4n) is 2.72. The zero-order valence-electron chi connectivity index (χ0n) is 13.2. The van der Waals surface area contributed by atoms with Crippen molar-refractivity contribution in [2.75, 3.05) is 31.1 Å². The molecule has 3 N–H and O–H groups in total. The Balaban J connectivity index is 1.75. The summed E-state index contributed by atoms with van der Waals surface area (Å²) in [7, 11) is 0. The van der Waals surface area contributed by atoms with Crippen LogP contribution in [-0.4, -0.2) is 63.1 Å². The highest BCUT2D eigenvalue weighted by atomic mass is 16.4. The number of carbonyl (C=O) groups excluding carboxylic acids is 1. The fraction of sp³-hybridized carbons (Fsp3) is 0.250. The molecule has 0 bridgehead atoms. The standard InChI is InChI=1S/C16H16N4O5/c21-10-1-2-12(18-9-10)19-5-7-20(8-6-19)15(23)13-11(22)3-4-17-14(13)16(24)25/h1-4,9,21H,5-8H2,(H,17,22)(H,24,25). The predicted molar refractivity (Wildman–Crippen MR) is 88.0 cm³/mol. The average Bonchev–Trinajstić information content (AvgIpc) is 2.61. The van der Waals surface area contributed by atoms with Crippen LogP contribution >= 0.6 is 0 Å². The van der Waals surface area contributed by atoms with Crippen molar-refractivity contribution in [3.8, 4) is 5.75 Å². The molecule has 0 atom stereocenters. The van der Waals surface area contributed by atoms with E-state index in [1.165, 1.54) is 23.4 Å². The van der Waals surface area contributed by atoms with Gasteiger partial charge in [-0.25, -0.2) is 9.78 Å². The van der Waals surface area contributed by atoms with Gasteiger partial charge in [0.05, 0.1) is 6.20 Å². The van der Waals surface area contributed by atoms with Crippen molar-refractivity contribution in [2.24, 2.45) is 0 Å². The maximum Gasteiger partial charge on any atom is 0.353 e. The maximum absolute atomic E-state index is 12.6. The monoisotopic (exact) mass is 344 g/mol. The number of aromatic nitrogens is 2. The minimum Gasteiger partial charge on any atom is -0.506 e. The Morgan fingerprint density at radius 3 is 2.44 bits per heavy atom. The average molecular weight is 344 g/mol. The molecule has 0 unspecified atom stereocenters. The zero-order chi connectivity index (χ0) is 18.0. The van der Waals surface area contributed by atoms with Crippen LogP contribution in [0.5, 0.6) is 5.75 Å². The number of H-pyrrole nitrogens is 1. The molecule has 130 valence electrons. The van der Waals surface area contributed by atoms with E-state index in [4.69, 9.17) is 0 Å². The van der Waals surface area contributed by atoms with E-state index in [-0.39, 0.29) is 11.3 Å². The smallest absolute Gasteiger partial charge is 0.353 e. The highest BCUT2D eigenvalue weighted by Crippen LogP contribution is 2.17. The second kappa shape index (κ2) is 6.63. The molecule has 0 radical (unpaired) electrons. The molecule has 3 heterocycles. The van der Waals surface area contributed by atoms with Gasteiger partial charge in [0.25, 0.3) is 5.91 Å². The number of carbonyl (C=O) groups is 2. The highest BCUT2D eigenvalue weighted by molar-refractivity contribution is 6.03. The minimum atomic E-state index is -1.35. The molecule has 0 aromatic carbocycles. The normalized spacial score (nSPS) is 14.4. The zero-order valence-corrected chi connectivity index (χ0v) is 13.2. The Kier molecular flexibility index (Phi) is 4.38. The van der Waals surface area contributed by atoms with Gasteiger partial charge in [0.1, 0.15) is 22.8 Å². The number of rotatable bonds is 3. The molecule has 2 aromatic rings. The second-order valence-corrected chi connectivity index (χ2v) is 5.55. The summed E-state index contributed by atoms with van der Waals surface area (Å²) >= 11 is 0. The lowest BCUT2D eigenvalue weighted by molar-refractivity contribution is 0.0665. The number of piperazine rings is 1. The van der Waals surface area contributed by atoms with Gasteiger partial charge in [-0.1, -0.05) is 0 Å². The van der Waals surface area contributed by atoms with E-state index in [2.05, 4.69) is 9.97 Å². The number of nitrogens with zero attached hydrogens (tertiary/aromatic N) is 3. The molecule has 0 spiro atoms. The summed E-state index contributed by atoms with van der Waals surface area (Å²) < 4.78 is 0. The largest absolute Gasteiger partial charge is 0.506 e. The summed E-state index contributed by atoms with van der Waals surface area (Å²) in [6.07, 6.45) is 2.55. The first-order chi connectivity index (χ1) is 12.0. The first-order valence-electron chi connectivity index (χ1n) is 7.61. The number of nitrogens with one attached hydrogen (secondary N) is 1. The van der Waals surface area contributed by atoms with Gasteiger partial charge in [-0.3, -0.25) is 9.59 Å². The summed E-state index contributed by atoms with van der Waals surface area (Å²) in [5, 5.41) is 18.5. The molecule has 1 aliphatic rings. The Bertz CT molecular complexity index is 854. The third kappa shape index (κ3) is 3.30. The summed E-state index contributed by atoms with van der Waals surface area (Å²) in [6.45, 7) is 1.62. The van der Waals surface area contributed by atoms with Crippen molar-refractivity contribution in [1.82, 2.24) is 14.9 Å². The lowest BCUT2D eigenvalue weighted by Gasteiger charge is -2.35. The van der Waals surface area contributed by atoms with E-state index in [0.717, 1.165) is 6.07 Å². The van der Waals surface area contributed by atoms with Gasteiger partial charge in [0.2, 0.25) is 0 Å². The summed E-state index contributed by atoms with van der Waals surface area (Å²) in [5.74, 6) is -1.21. The molecule has 2 aromatic heterocycles. The quantitative estimate of drug-likeness (QED) is 0.722. The number of amides is 1. The molecular formula is C16H16N4O5. The molecule has 0 aliphatic carbocycles. The van der Waals surface area contributed by atoms with Crippen molar-refractivity contribution in [2.45, 2.75) is 0 Å². The Hall–Kier alpha value is -3.36.